The highest BCUT2D eigenvalue weighted by Gasteiger charge is 2.21. The van der Waals surface area contributed by atoms with Gasteiger partial charge in [-0.3, -0.25) is 0 Å². The molecule has 0 saturated carbocycles. The minimum absolute atomic E-state index is 0.331. The van der Waals surface area contributed by atoms with E-state index in [1.165, 1.54) is 0 Å². The zero-order valence-corrected chi connectivity index (χ0v) is 13.0. The fourth-order valence-corrected chi connectivity index (χ4v) is 3.17. The minimum atomic E-state index is 0.331. The van der Waals surface area contributed by atoms with E-state index < -0.39 is 0 Å². The highest BCUT2D eigenvalue weighted by atomic mass is 35.5. The quantitative estimate of drug-likeness (QED) is 0.752. The summed E-state index contributed by atoms with van der Waals surface area (Å²) in [7, 11) is 0. The lowest BCUT2D eigenvalue weighted by atomic mass is 9.95. The number of alkyl halides is 1. The predicted molar refractivity (Wildman–Crippen MR) is 82.8 cm³/mol. The third-order valence-electron chi connectivity index (χ3n) is 4.17. The molecule has 0 spiro atoms. The van der Waals surface area contributed by atoms with E-state index in [2.05, 4.69) is 36.4 Å². The van der Waals surface area contributed by atoms with Crippen molar-refractivity contribution < 1.29 is 0 Å². The number of fused-ring (bicyclic) bond motifs is 1. The minimum Gasteiger partial charge on any atom is -0.324 e. The Morgan fingerprint density at radius 3 is 2.60 bits per heavy atom. The Labute approximate surface area is 125 Å². The summed E-state index contributed by atoms with van der Waals surface area (Å²) in [5.74, 6) is 1.80. The zero-order valence-electron chi connectivity index (χ0n) is 12.2. The van der Waals surface area contributed by atoms with Crippen LogP contribution < -0.4 is 0 Å². The molecule has 20 heavy (non-hydrogen) atoms. The van der Waals surface area contributed by atoms with Crippen molar-refractivity contribution in [2.75, 3.05) is 0 Å². The molecule has 4 heteroatoms. The summed E-state index contributed by atoms with van der Waals surface area (Å²) >= 11 is 6.07. The fourth-order valence-electron chi connectivity index (χ4n) is 2.99. The molecule has 1 aromatic heterocycles. The Hall–Kier alpha value is -1.53. The van der Waals surface area contributed by atoms with E-state index in [-0.39, 0.29) is 0 Å². The molecule has 3 nitrogen and oxygen atoms in total. The monoisotopic (exact) mass is 289 g/mol. The average Bonchev–Trinajstić information content (AvgIpc) is 2.86. The second kappa shape index (κ2) is 6.28. The maximum Gasteiger partial charge on any atom is 0.125 e. The van der Waals surface area contributed by atoms with Crippen LogP contribution >= 0.6 is 11.6 Å². The Morgan fingerprint density at radius 2 is 2.05 bits per heavy atom. The van der Waals surface area contributed by atoms with Crippen molar-refractivity contribution >= 4 is 22.6 Å². The van der Waals surface area contributed by atoms with Crippen LogP contribution in [-0.2, 0) is 5.88 Å². The van der Waals surface area contributed by atoms with Gasteiger partial charge in [-0.1, -0.05) is 32.8 Å². The molecule has 106 valence electrons. The standard InChI is InChI=1S/C16H20ClN3/c1-4-12(5-2)11(3)20-14-8-6-7-13(10-18)16(14)19-15(20)9-17/h6-8,11-12H,4-5,9H2,1-3H3. The van der Waals surface area contributed by atoms with Crippen molar-refractivity contribution in [1.82, 2.24) is 9.55 Å². The first kappa shape index (κ1) is 14.9. The van der Waals surface area contributed by atoms with E-state index in [0.717, 1.165) is 29.7 Å². The number of rotatable bonds is 5. The molecule has 0 radical (unpaired) electrons. The molecule has 2 aromatic rings. The van der Waals surface area contributed by atoms with E-state index in [9.17, 15) is 5.26 Å². The smallest absolute Gasteiger partial charge is 0.125 e. The molecule has 0 amide bonds. The summed E-state index contributed by atoms with van der Waals surface area (Å²) < 4.78 is 2.21. The van der Waals surface area contributed by atoms with Crippen LogP contribution in [0, 0.1) is 17.2 Å². The Balaban J connectivity index is 2.65. The number of nitrogens with zero attached hydrogens (tertiary/aromatic N) is 3. The highest BCUT2D eigenvalue weighted by molar-refractivity contribution is 6.16. The summed E-state index contributed by atoms with van der Waals surface area (Å²) in [5, 5.41) is 9.22. The van der Waals surface area contributed by atoms with Crippen LogP contribution in [0.15, 0.2) is 18.2 Å². The van der Waals surface area contributed by atoms with Gasteiger partial charge in [0.05, 0.1) is 17.0 Å². The van der Waals surface area contributed by atoms with Gasteiger partial charge in [0.25, 0.3) is 0 Å². The molecule has 2 rings (SSSR count). The van der Waals surface area contributed by atoms with Gasteiger partial charge >= 0.3 is 0 Å². The maximum atomic E-state index is 9.22. The number of aromatic nitrogens is 2. The van der Waals surface area contributed by atoms with Crippen molar-refractivity contribution in [3.05, 3.63) is 29.6 Å². The number of nitriles is 1. The van der Waals surface area contributed by atoms with E-state index in [1.807, 2.05) is 12.1 Å². The first-order chi connectivity index (χ1) is 9.67. The van der Waals surface area contributed by atoms with Gasteiger partial charge in [-0.2, -0.15) is 5.26 Å². The van der Waals surface area contributed by atoms with Crippen LogP contribution in [0.5, 0.6) is 0 Å². The Kier molecular flexibility index (Phi) is 4.67. The Bertz CT molecular complexity index is 635. The number of halogens is 1. The van der Waals surface area contributed by atoms with Crippen molar-refractivity contribution in [3.63, 3.8) is 0 Å². The summed E-state index contributed by atoms with van der Waals surface area (Å²) in [5.41, 5.74) is 2.40. The molecule has 0 bridgehead atoms. The molecule has 0 fully saturated rings. The molecule has 0 aliphatic carbocycles. The number of hydrogen-bond donors (Lipinski definition) is 0. The topological polar surface area (TPSA) is 41.6 Å². The van der Waals surface area contributed by atoms with E-state index in [0.29, 0.717) is 23.4 Å². The summed E-state index contributed by atoms with van der Waals surface area (Å²) in [6.45, 7) is 6.64. The molecule has 0 N–H and O–H groups in total. The number of imidazole rings is 1. The first-order valence-corrected chi connectivity index (χ1v) is 7.67. The number of hydrogen-bond acceptors (Lipinski definition) is 2. The van der Waals surface area contributed by atoms with Gasteiger partial charge in [-0.15, -0.1) is 11.6 Å². The van der Waals surface area contributed by atoms with Crippen LogP contribution in [0.4, 0.5) is 0 Å². The largest absolute Gasteiger partial charge is 0.324 e. The van der Waals surface area contributed by atoms with Gasteiger partial charge in [-0.05, 0) is 25.0 Å². The van der Waals surface area contributed by atoms with Crippen molar-refractivity contribution in [3.8, 4) is 6.07 Å². The van der Waals surface area contributed by atoms with Crippen molar-refractivity contribution in [2.24, 2.45) is 5.92 Å². The van der Waals surface area contributed by atoms with Crippen LogP contribution in [0.2, 0.25) is 0 Å². The van der Waals surface area contributed by atoms with E-state index in [1.54, 1.807) is 6.07 Å². The highest BCUT2D eigenvalue weighted by Crippen LogP contribution is 2.31. The van der Waals surface area contributed by atoms with Gasteiger partial charge in [0.15, 0.2) is 0 Å². The van der Waals surface area contributed by atoms with Crippen LogP contribution in [0.25, 0.3) is 11.0 Å². The van der Waals surface area contributed by atoms with Gasteiger partial charge in [0.2, 0.25) is 0 Å². The summed E-state index contributed by atoms with van der Waals surface area (Å²) in [4.78, 5) is 4.58. The molecular formula is C16H20ClN3. The third kappa shape index (κ3) is 2.41. The second-order valence-electron chi connectivity index (χ2n) is 5.13. The van der Waals surface area contributed by atoms with Crippen LogP contribution in [0.3, 0.4) is 0 Å². The first-order valence-electron chi connectivity index (χ1n) is 7.13. The van der Waals surface area contributed by atoms with Crippen molar-refractivity contribution in [1.29, 1.82) is 5.26 Å². The lowest BCUT2D eigenvalue weighted by molar-refractivity contribution is 0.334. The SMILES string of the molecule is CCC(CC)C(C)n1c(CCl)nc2c(C#N)cccc21. The molecular weight excluding hydrogens is 270 g/mol. The fraction of sp³-hybridized carbons (Fsp3) is 0.500. The summed E-state index contributed by atoms with van der Waals surface area (Å²) in [6, 6.07) is 8.29. The average molecular weight is 290 g/mol. The molecule has 1 atom stereocenters. The molecule has 1 aromatic carbocycles. The van der Waals surface area contributed by atoms with Crippen LogP contribution in [0.1, 0.15) is 51.0 Å². The summed E-state index contributed by atoms with van der Waals surface area (Å²) in [6.07, 6.45) is 2.24. The zero-order chi connectivity index (χ0) is 14.7. The van der Waals surface area contributed by atoms with E-state index in [4.69, 9.17) is 11.6 Å². The lowest BCUT2D eigenvalue weighted by Crippen LogP contribution is -2.17. The van der Waals surface area contributed by atoms with Gasteiger partial charge in [-0.25, -0.2) is 4.98 Å². The van der Waals surface area contributed by atoms with Gasteiger partial charge in [0.1, 0.15) is 17.4 Å². The normalized spacial score (nSPS) is 12.8. The lowest BCUT2D eigenvalue weighted by Gasteiger charge is -2.25. The van der Waals surface area contributed by atoms with Crippen molar-refractivity contribution in [2.45, 2.75) is 45.5 Å². The molecule has 0 aliphatic heterocycles. The van der Waals surface area contributed by atoms with E-state index >= 15 is 0 Å². The predicted octanol–water partition coefficient (Wildman–Crippen LogP) is 4.64. The number of para-hydroxylation sites is 1. The Morgan fingerprint density at radius 1 is 1.35 bits per heavy atom. The third-order valence-corrected chi connectivity index (χ3v) is 4.41. The molecule has 0 aliphatic rings. The second-order valence-corrected chi connectivity index (χ2v) is 5.40. The molecule has 1 heterocycles. The van der Waals surface area contributed by atoms with Gasteiger partial charge < -0.3 is 4.57 Å². The maximum absolute atomic E-state index is 9.22. The van der Waals surface area contributed by atoms with Crippen LogP contribution in [-0.4, -0.2) is 9.55 Å². The number of benzene rings is 1. The molecule has 0 saturated heterocycles. The molecule has 1 unspecified atom stereocenters. The van der Waals surface area contributed by atoms with Gasteiger partial charge in [0, 0.05) is 6.04 Å².